The summed E-state index contributed by atoms with van der Waals surface area (Å²) in [5.74, 6) is 0.625. The zero-order valence-electron chi connectivity index (χ0n) is 14.0. The molecule has 1 saturated heterocycles. The predicted molar refractivity (Wildman–Crippen MR) is 94.3 cm³/mol. The lowest BCUT2D eigenvalue weighted by atomic mass is 10.0. The van der Waals surface area contributed by atoms with Gasteiger partial charge in [-0.05, 0) is 56.1 Å². The summed E-state index contributed by atoms with van der Waals surface area (Å²) in [6, 6.07) is 10.6. The van der Waals surface area contributed by atoms with Gasteiger partial charge in [-0.2, -0.15) is 0 Å². The number of ether oxygens (including phenoxy) is 1. The van der Waals surface area contributed by atoms with Crippen molar-refractivity contribution in [3.05, 3.63) is 48.0 Å². The fourth-order valence-electron chi connectivity index (χ4n) is 2.86. The number of nitrogens with one attached hydrogen (secondary N) is 1. The van der Waals surface area contributed by atoms with Gasteiger partial charge >= 0.3 is 0 Å². The average molecular weight is 315 g/mol. The molecule has 2 rings (SSSR count). The van der Waals surface area contributed by atoms with Gasteiger partial charge in [0.05, 0.1) is 0 Å². The lowest BCUT2D eigenvalue weighted by molar-refractivity contribution is -0.116. The van der Waals surface area contributed by atoms with E-state index in [0.29, 0.717) is 5.92 Å². The first-order chi connectivity index (χ1) is 11.3. The Kier molecular flexibility index (Phi) is 8.49. The van der Waals surface area contributed by atoms with Crippen molar-refractivity contribution in [2.45, 2.75) is 44.9 Å². The number of rotatable bonds is 9. The average Bonchev–Trinajstić information content (AvgIpc) is 2.61. The Morgan fingerprint density at radius 1 is 1.13 bits per heavy atom. The highest BCUT2D eigenvalue weighted by molar-refractivity contribution is 5.87. The highest BCUT2D eigenvalue weighted by atomic mass is 16.5. The van der Waals surface area contributed by atoms with E-state index in [2.05, 4.69) is 35.6 Å². The van der Waals surface area contributed by atoms with Crippen LogP contribution < -0.4 is 5.32 Å². The molecule has 0 spiro atoms. The first-order valence-corrected chi connectivity index (χ1v) is 8.90. The van der Waals surface area contributed by atoms with Crippen LogP contribution in [0.5, 0.6) is 0 Å². The summed E-state index contributed by atoms with van der Waals surface area (Å²) in [7, 11) is 0. The SMILES string of the molecule is O=C(C=CCCCCCc1ccccc1)NCC1CCOCC1. The Hall–Kier alpha value is -1.61. The molecule has 0 atom stereocenters. The second-order valence-corrected chi connectivity index (χ2v) is 6.29. The van der Waals surface area contributed by atoms with Crippen molar-refractivity contribution in [3.8, 4) is 0 Å². The van der Waals surface area contributed by atoms with E-state index in [9.17, 15) is 4.79 Å². The third-order valence-corrected chi connectivity index (χ3v) is 4.35. The van der Waals surface area contributed by atoms with Crippen LogP contribution in [0.3, 0.4) is 0 Å². The number of amides is 1. The van der Waals surface area contributed by atoms with E-state index >= 15 is 0 Å². The summed E-state index contributed by atoms with van der Waals surface area (Å²) in [5, 5.41) is 2.99. The van der Waals surface area contributed by atoms with Crippen LogP contribution in [0, 0.1) is 5.92 Å². The molecule has 0 radical (unpaired) electrons. The van der Waals surface area contributed by atoms with Gasteiger partial charge < -0.3 is 10.1 Å². The Morgan fingerprint density at radius 3 is 2.70 bits per heavy atom. The fourth-order valence-corrected chi connectivity index (χ4v) is 2.86. The third kappa shape index (κ3) is 7.98. The quantitative estimate of drug-likeness (QED) is 0.554. The Labute approximate surface area is 140 Å². The van der Waals surface area contributed by atoms with Crippen molar-refractivity contribution in [2.24, 2.45) is 5.92 Å². The predicted octanol–water partition coefficient (Wildman–Crippen LogP) is 3.89. The van der Waals surface area contributed by atoms with E-state index < -0.39 is 0 Å². The first kappa shape index (κ1) is 17.7. The first-order valence-electron chi connectivity index (χ1n) is 8.90. The Balaban J connectivity index is 1.46. The molecule has 1 fully saturated rings. The van der Waals surface area contributed by atoms with Crippen LogP contribution in [0.15, 0.2) is 42.5 Å². The molecule has 1 heterocycles. The largest absolute Gasteiger partial charge is 0.381 e. The van der Waals surface area contributed by atoms with Crippen LogP contribution in [0.1, 0.15) is 44.1 Å². The number of unbranched alkanes of at least 4 members (excludes halogenated alkanes) is 3. The standard InChI is InChI=1S/C20H29NO2/c22-20(21-17-19-13-15-23-16-14-19)12-8-3-1-2-5-9-18-10-6-4-7-11-18/h4,6-8,10-12,19H,1-3,5,9,13-17H2,(H,21,22). The maximum absolute atomic E-state index is 11.7. The molecule has 23 heavy (non-hydrogen) atoms. The monoisotopic (exact) mass is 315 g/mol. The van der Waals surface area contributed by atoms with E-state index in [0.717, 1.165) is 51.9 Å². The molecule has 0 aromatic heterocycles. The number of hydrogen-bond acceptors (Lipinski definition) is 2. The van der Waals surface area contributed by atoms with Crippen LogP contribution in [0.2, 0.25) is 0 Å². The second kappa shape index (κ2) is 11.0. The zero-order chi connectivity index (χ0) is 16.2. The number of carbonyl (C=O) groups excluding carboxylic acids is 1. The summed E-state index contributed by atoms with van der Waals surface area (Å²) >= 11 is 0. The molecule has 1 aliphatic rings. The number of allylic oxidation sites excluding steroid dienone is 1. The molecular formula is C20H29NO2. The molecular weight excluding hydrogens is 286 g/mol. The summed E-state index contributed by atoms with van der Waals surface area (Å²) < 4.78 is 5.32. The molecule has 0 saturated carbocycles. The number of benzene rings is 1. The van der Waals surface area contributed by atoms with Gasteiger partial charge in [0.25, 0.3) is 0 Å². The van der Waals surface area contributed by atoms with Crippen molar-refractivity contribution in [3.63, 3.8) is 0 Å². The molecule has 1 aromatic carbocycles. The van der Waals surface area contributed by atoms with E-state index in [4.69, 9.17) is 4.74 Å². The number of carbonyl (C=O) groups is 1. The Bertz CT molecular complexity index is 464. The van der Waals surface area contributed by atoms with Gasteiger partial charge in [-0.15, -0.1) is 0 Å². The molecule has 1 aromatic rings. The van der Waals surface area contributed by atoms with Crippen molar-refractivity contribution in [1.29, 1.82) is 0 Å². The lowest BCUT2D eigenvalue weighted by Crippen LogP contribution is -2.31. The topological polar surface area (TPSA) is 38.3 Å². The molecule has 3 heteroatoms. The maximum Gasteiger partial charge on any atom is 0.243 e. The van der Waals surface area contributed by atoms with Crippen LogP contribution in [-0.2, 0) is 16.0 Å². The zero-order valence-corrected chi connectivity index (χ0v) is 14.0. The number of hydrogen-bond donors (Lipinski definition) is 1. The fraction of sp³-hybridized carbons (Fsp3) is 0.550. The van der Waals surface area contributed by atoms with Crippen LogP contribution in [0.25, 0.3) is 0 Å². The van der Waals surface area contributed by atoms with E-state index in [1.807, 2.05) is 6.08 Å². The normalized spacial score (nSPS) is 15.8. The number of aryl methyl sites for hydroxylation is 1. The summed E-state index contributed by atoms with van der Waals surface area (Å²) in [6.07, 6.45) is 11.5. The van der Waals surface area contributed by atoms with E-state index in [1.165, 1.54) is 18.4 Å². The molecule has 0 aliphatic carbocycles. The van der Waals surface area contributed by atoms with E-state index in [1.54, 1.807) is 6.08 Å². The summed E-state index contributed by atoms with van der Waals surface area (Å²) in [6.45, 7) is 2.45. The van der Waals surface area contributed by atoms with Gasteiger partial charge in [-0.3, -0.25) is 4.79 Å². The smallest absolute Gasteiger partial charge is 0.243 e. The van der Waals surface area contributed by atoms with Gasteiger partial charge in [0, 0.05) is 19.8 Å². The molecule has 126 valence electrons. The van der Waals surface area contributed by atoms with E-state index in [-0.39, 0.29) is 5.91 Å². The van der Waals surface area contributed by atoms with Gasteiger partial charge in [-0.25, -0.2) is 0 Å². The molecule has 1 amide bonds. The molecule has 0 unspecified atom stereocenters. The molecule has 0 bridgehead atoms. The highest BCUT2D eigenvalue weighted by Crippen LogP contribution is 2.13. The summed E-state index contributed by atoms with van der Waals surface area (Å²) in [5.41, 5.74) is 1.41. The third-order valence-electron chi connectivity index (χ3n) is 4.35. The van der Waals surface area contributed by atoms with Crippen LogP contribution >= 0.6 is 0 Å². The highest BCUT2D eigenvalue weighted by Gasteiger charge is 2.13. The second-order valence-electron chi connectivity index (χ2n) is 6.29. The maximum atomic E-state index is 11.7. The van der Waals surface area contributed by atoms with Crippen molar-refractivity contribution < 1.29 is 9.53 Å². The summed E-state index contributed by atoms with van der Waals surface area (Å²) in [4.78, 5) is 11.7. The van der Waals surface area contributed by atoms with Crippen molar-refractivity contribution in [1.82, 2.24) is 5.32 Å². The van der Waals surface area contributed by atoms with Gasteiger partial charge in [-0.1, -0.05) is 42.8 Å². The minimum absolute atomic E-state index is 0.0424. The molecule has 1 N–H and O–H groups in total. The van der Waals surface area contributed by atoms with Crippen molar-refractivity contribution >= 4 is 5.91 Å². The molecule has 3 nitrogen and oxygen atoms in total. The van der Waals surface area contributed by atoms with Crippen LogP contribution in [0.4, 0.5) is 0 Å². The van der Waals surface area contributed by atoms with Crippen LogP contribution in [-0.4, -0.2) is 25.7 Å². The Morgan fingerprint density at radius 2 is 1.91 bits per heavy atom. The van der Waals surface area contributed by atoms with Gasteiger partial charge in [0.15, 0.2) is 0 Å². The van der Waals surface area contributed by atoms with Crippen molar-refractivity contribution in [2.75, 3.05) is 19.8 Å². The van der Waals surface area contributed by atoms with Gasteiger partial charge in [0.2, 0.25) is 5.91 Å². The minimum Gasteiger partial charge on any atom is -0.381 e. The lowest BCUT2D eigenvalue weighted by Gasteiger charge is -2.21. The van der Waals surface area contributed by atoms with Gasteiger partial charge in [0.1, 0.15) is 0 Å². The minimum atomic E-state index is 0.0424. The molecule has 1 aliphatic heterocycles.